The lowest BCUT2D eigenvalue weighted by molar-refractivity contribution is 0.760. The fraction of sp³-hybridized carbons (Fsp3) is 0.467. The molecule has 0 aromatic carbocycles. The molecule has 0 amide bonds. The molecule has 0 aliphatic heterocycles. The molecule has 0 bridgehead atoms. The Kier molecular flexibility index (Phi) is 5.86. The predicted molar refractivity (Wildman–Crippen MR) is 93.5 cm³/mol. The van der Waals surface area contributed by atoms with E-state index in [-0.39, 0.29) is 0 Å². The molecule has 0 aliphatic carbocycles. The van der Waals surface area contributed by atoms with Gasteiger partial charge in [0.1, 0.15) is 12.4 Å². The van der Waals surface area contributed by atoms with E-state index in [9.17, 15) is 0 Å². The Bertz CT molecular complexity index is 699. The maximum atomic E-state index is 4.56. The SMILES string of the molecule is C=CCNC(=NCc1nnc(C)n1C)NCc1sc(C)nc1C. The Morgan fingerprint density at radius 3 is 2.65 bits per heavy atom. The highest BCUT2D eigenvalue weighted by Gasteiger charge is 2.07. The van der Waals surface area contributed by atoms with Crippen LogP contribution in [0.15, 0.2) is 17.6 Å². The summed E-state index contributed by atoms with van der Waals surface area (Å²) in [4.78, 5) is 10.2. The zero-order chi connectivity index (χ0) is 16.8. The third-order valence-electron chi connectivity index (χ3n) is 3.39. The van der Waals surface area contributed by atoms with Crippen LogP contribution in [0.2, 0.25) is 0 Å². The van der Waals surface area contributed by atoms with Crippen molar-refractivity contribution in [3.8, 4) is 0 Å². The summed E-state index contributed by atoms with van der Waals surface area (Å²) in [6.45, 7) is 11.5. The van der Waals surface area contributed by atoms with Gasteiger partial charge in [-0.1, -0.05) is 6.08 Å². The third-order valence-corrected chi connectivity index (χ3v) is 4.46. The monoisotopic (exact) mass is 333 g/mol. The first kappa shape index (κ1) is 17.1. The van der Waals surface area contributed by atoms with Gasteiger partial charge in [-0.3, -0.25) is 0 Å². The minimum atomic E-state index is 0.463. The summed E-state index contributed by atoms with van der Waals surface area (Å²) >= 11 is 1.70. The van der Waals surface area contributed by atoms with Crippen molar-refractivity contribution >= 4 is 17.3 Å². The first-order chi connectivity index (χ1) is 11.0. The lowest BCUT2D eigenvalue weighted by Crippen LogP contribution is -2.37. The van der Waals surface area contributed by atoms with Gasteiger partial charge in [0.2, 0.25) is 0 Å². The number of hydrogen-bond acceptors (Lipinski definition) is 5. The molecule has 0 fully saturated rings. The second kappa shape index (κ2) is 7.87. The van der Waals surface area contributed by atoms with Crippen LogP contribution in [0, 0.1) is 20.8 Å². The summed E-state index contributed by atoms with van der Waals surface area (Å²) in [6.07, 6.45) is 1.80. The number of rotatable bonds is 6. The molecule has 0 saturated heterocycles. The minimum absolute atomic E-state index is 0.463. The van der Waals surface area contributed by atoms with Crippen molar-refractivity contribution in [3.05, 3.63) is 39.9 Å². The number of nitrogens with one attached hydrogen (secondary N) is 2. The van der Waals surface area contributed by atoms with Gasteiger partial charge in [-0.2, -0.15) is 0 Å². The van der Waals surface area contributed by atoms with Gasteiger partial charge < -0.3 is 15.2 Å². The van der Waals surface area contributed by atoms with Crippen molar-refractivity contribution in [1.29, 1.82) is 0 Å². The lowest BCUT2D eigenvalue weighted by Gasteiger charge is -2.10. The fourth-order valence-corrected chi connectivity index (χ4v) is 2.86. The van der Waals surface area contributed by atoms with Crippen LogP contribution >= 0.6 is 11.3 Å². The molecule has 0 unspecified atom stereocenters. The summed E-state index contributed by atoms with van der Waals surface area (Å²) < 4.78 is 1.94. The number of thiazole rings is 1. The second-order valence-electron chi connectivity index (χ2n) is 5.15. The van der Waals surface area contributed by atoms with Gasteiger partial charge in [0.25, 0.3) is 0 Å². The number of aliphatic imine (C=N–C) groups is 1. The van der Waals surface area contributed by atoms with Crippen LogP contribution in [0.3, 0.4) is 0 Å². The summed E-state index contributed by atoms with van der Waals surface area (Å²) in [7, 11) is 1.94. The number of hydrogen-bond donors (Lipinski definition) is 2. The molecule has 2 aromatic heterocycles. The maximum absolute atomic E-state index is 4.56. The Balaban J connectivity index is 2.03. The van der Waals surface area contributed by atoms with E-state index in [1.54, 1.807) is 17.4 Å². The number of aryl methyl sites for hydroxylation is 3. The molecule has 0 spiro atoms. The van der Waals surface area contributed by atoms with Crippen molar-refractivity contribution < 1.29 is 0 Å². The molecule has 2 heterocycles. The first-order valence-electron chi connectivity index (χ1n) is 7.42. The first-order valence-corrected chi connectivity index (χ1v) is 8.23. The van der Waals surface area contributed by atoms with Gasteiger partial charge >= 0.3 is 0 Å². The lowest BCUT2D eigenvalue weighted by atomic mass is 10.4. The highest BCUT2D eigenvalue weighted by molar-refractivity contribution is 7.11. The van der Waals surface area contributed by atoms with Crippen molar-refractivity contribution in [2.45, 2.75) is 33.9 Å². The van der Waals surface area contributed by atoms with Crippen molar-refractivity contribution in [2.75, 3.05) is 6.54 Å². The topological polar surface area (TPSA) is 80.0 Å². The largest absolute Gasteiger partial charge is 0.353 e. The van der Waals surface area contributed by atoms with Crippen LogP contribution in [0.4, 0.5) is 0 Å². The van der Waals surface area contributed by atoms with Crippen molar-refractivity contribution in [3.63, 3.8) is 0 Å². The normalized spacial score (nSPS) is 11.6. The van der Waals surface area contributed by atoms with E-state index in [1.807, 2.05) is 32.4 Å². The second-order valence-corrected chi connectivity index (χ2v) is 6.44. The predicted octanol–water partition coefficient (Wildman–Crippen LogP) is 1.62. The van der Waals surface area contributed by atoms with Gasteiger partial charge in [-0.05, 0) is 20.8 Å². The zero-order valence-corrected chi connectivity index (χ0v) is 14.9. The zero-order valence-electron chi connectivity index (χ0n) is 14.1. The van der Waals surface area contributed by atoms with Gasteiger partial charge in [0, 0.05) is 18.5 Å². The van der Waals surface area contributed by atoms with E-state index >= 15 is 0 Å². The quantitative estimate of drug-likeness (QED) is 0.477. The molecule has 8 heteroatoms. The van der Waals surface area contributed by atoms with Crippen LogP contribution in [0.25, 0.3) is 0 Å². The summed E-state index contributed by atoms with van der Waals surface area (Å²) in [5.41, 5.74) is 1.06. The molecule has 124 valence electrons. The molecule has 7 nitrogen and oxygen atoms in total. The maximum Gasteiger partial charge on any atom is 0.192 e. The van der Waals surface area contributed by atoms with E-state index in [4.69, 9.17) is 0 Å². The van der Waals surface area contributed by atoms with E-state index in [1.165, 1.54) is 4.88 Å². The van der Waals surface area contributed by atoms with Crippen LogP contribution in [0.5, 0.6) is 0 Å². The molecule has 2 aromatic rings. The highest BCUT2D eigenvalue weighted by atomic mass is 32.1. The van der Waals surface area contributed by atoms with Crippen LogP contribution in [0.1, 0.15) is 27.2 Å². The van der Waals surface area contributed by atoms with Gasteiger partial charge in [-0.15, -0.1) is 28.1 Å². The molecule has 0 saturated carbocycles. The summed E-state index contributed by atoms with van der Waals surface area (Å²) in [5, 5.41) is 15.8. The molecule has 23 heavy (non-hydrogen) atoms. The Labute approximate surface area is 140 Å². The number of guanidine groups is 1. The van der Waals surface area contributed by atoms with Crippen LogP contribution in [-0.4, -0.2) is 32.3 Å². The average molecular weight is 333 g/mol. The Morgan fingerprint density at radius 2 is 2.09 bits per heavy atom. The fourth-order valence-electron chi connectivity index (χ4n) is 1.98. The van der Waals surface area contributed by atoms with Crippen molar-refractivity contribution in [2.24, 2.45) is 12.0 Å². The number of nitrogens with zero attached hydrogens (tertiary/aromatic N) is 5. The van der Waals surface area contributed by atoms with Gasteiger partial charge in [0.05, 0.1) is 17.2 Å². The van der Waals surface area contributed by atoms with E-state index in [2.05, 4.69) is 37.4 Å². The van der Waals surface area contributed by atoms with Gasteiger partial charge in [-0.25, -0.2) is 9.98 Å². The van der Waals surface area contributed by atoms with Gasteiger partial charge in [0.15, 0.2) is 11.8 Å². The molecule has 2 rings (SSSR count). The summed E-state index contributed by atoms with van der Waals surface area (Å²) in [6, 6.07) is 0. The van der Waals surface area contributed by atoms with Crippen molar-refractivity contribution in [1.82, 2.24) is 30.4 Å². The highest BCUT2D eigenvalue weighted by Crippen LogP contribution is 2.16. The number of aromatic nitrogens is 4. The molecular formula is C15H23N7S. The minimum Gasteiger partial charge on any atom is -0.353 e. The van der Waals surface area contributed by atoms with E-state index in [0.717, 1.165) is 28.3 Å². The van der Waals surface area contributed by atoms with Crippen LogP contribution < -0.4 is 10.6 Å². The Morgan fingerprint density at radius 1 is 1.30 bits per heavy atom. The van der Waals surface area contributed by atoms with Crippen LogP contribution in [-0.2, 0) is 20.1 Å². The smallest absolute Gasteiger partial charge is 0.192 e. The summed E-state index contributed by atoms with van der Waals surface area (Å²) in [5.74, 6) is 2.42. The molecular weight excluding hydrogens is 310 g/mol. The molecule has 2 N–H and O–H groups in total. The molecule has 0 atom stereocenters. The van der Waals surface area contributed by atoms with E-state index < -0.39 is 0 Å². The molecule has 0 radical (unpaired) electrons. The Hall–Kier alpha value is -2.22. The molecule has 0 aliphatic rings. The third kappa shape index (κ3) is 4.62. The average Bonchev–Trinajstić information content (AvgIpc) is 3.01. The standard InChI is InChI=1S/C15H23N7S/c1-6-7-16-15(17-8-13-10(2)19-12(4)23-13)18-9-14-21-20-11(3)22(14)5/h6H,1,7-9H2,2-5H3,(H2,16,17,18). The van der Waals surface area contributed by atoms with E-state index in [0.29, 0.717) is 19.6 Å².